The number of hydrogen-bond acceptors (Lipinski definition) is 4. The maximum Gasteiger partial charge on any atom is 0.271 e. The highest BCUT2D eigenvalue weighted by atomic mass is 16.2. The molecule has 0 saturated carbocycles. The number of nitrogens with one attached hydrogen (secondary N) is 1. The summed E-state index contributed by atoms with van der Waals surface area (Å²) in [6.07, 6.45) is 5.30. The van der Waals surface area contributed by atoms with E-state index in [0.717, 1.165) is 35.9 Å². The molecule has 2 aromatic carbocycles. The van der Waals surface area contributed by atoms with Gasteiger partial charge in [0.25, 0.3) is 5.91 Å². The zero-order valence-electron chi connectivity index (χ0n) is 16.6. The summed E-state index contributed by atoms with van der Waals surface area (Å²) >= 11 is 0. The van der Waals surface area contributed by atoms with Crippen LogP contribution < -0.4 is 10.3 Å². The van der Waals surface area contributed by atoms with Gasteiger partial charge in [-0.15, -0.1) is 0 Å². The molecule has 1 aliphatic rings. The maximum absolute atomic E-state index is 12.3. The number of benzene rings is 2. The second kappa shape index (κ2) is 8.73. The molecule has 1 aliphatic heterocycles. The van der Waals surface area contributed by atoms with Crippen molar-refractivity contribution in [3.63, 3.8) is 0 Å². The van der Waals surface area contributed by atoms with Crippen molar-refractivity contribution in [2.75, 3.05) is 18.0 Å². The molecular formula is C23H25N5O. The first-order valence-electron chi connectivity index (χ1n) is 10.0. The normalized spacial score (nSPS) is 14.3. The van der Waals surface area contributed by atoms with E-state index in [0.29, 0.717) is 5.56 Å². The average Bonchev–Trinajstić information content (AvgIpc) is 3.12. The van der Waals surface area contributed by atoms with Crippen LogP contribution in [0.25, 0.3) is 5.69 Å². The van der Waals surface area contributed by atoms with Gasteiger partial charge in [0.1, 0.15) is 5.82 Å². The molecule has 4 rings (SSSR count). The monoisotopic (exact) mass is 387 g/mol. The average molecular weight is 387 g/mol. The number of carbonyl (C=O) groups excluding carboxylic acids is 1. The molecule has 0 radical (unpaired) electrons. The Hall–Kier alpha value is -3.41. The molecular weight excluding hydrogens is 362 g/mol. The predicted molar refractivity (Wildman–Crippen MR) is 116 cm³/mol. The van der Waals surface area contributed by atoms with E-state index in [2.05, 4.69) is 27.6 Å². The minimum absolute atomic E-state index is 0.227. The van der Waals surface area contributed by atoms with Gasteiger partial charge in [-0.1, -0.05) is 36.4 Å². The first kappa shape index (κ1) is 18.9. The molecule has 6 heteroatoms. The number of aryl methyl sites for hydroxylation is 1. The number of hydrogen-bond donors (Lipinski definition) is 1. The quantitative estimate of drug-likeness (QED) is 0.533. The highest BCUT2D eigenvalue weighted by Gasteiger charge is 2.22. The fourth-order valence-electron chi connectivity index (χ4n) is 3.65. The van der Waals surface area contributed by atoms with Crippen molar-refractivity contribution in [2.24, 2.45) is 5.10 Å². The van der Waals surface area contributed by atoms with Crippen LogP contribution in [0.3, 0.4) is 0 Å². The molecule has 6 nitrogen and oxygen atoms in total. The van der Waals surface area contributed by atoms with Crippen LogP contribution in [0.5, 0.6) is 0 Å². The van der Waals surface area contributed by atoms with Crippen LogP contribution in [-0.2, 0) is 0 Å². The van der Waals surface area contributed by atoms with Gasteiger partial charge < -0.3 is 4.90 Å². The summed E-state index contributed by atoms with van der Waals surface area (Å²) in [4.78, 5) is 14.6. The first-order valence-corrected chi connectivity index (χ1v) is 10.0. The summed E-state index contributed by atoms with van der Waals surface area (Å²) in [6.45, 7) is 3.97. The molecule has 29 heavy (non-hydrogen) atoms. The van der Waals surface area contributed by atoms with Crippen LogP contribution in [0.2, 0.25) is 0 Å². The Balaban J connectivity index is 1.65. The standard InChI is InChI=1S/C23H25N5O/c1-18-21(17-24-25-22(29)19-11-5-2-6-12-19)23(27-15-9-4-10-16-27)28(26-18)20-13-7-3-8-14-20/h2-3,5-8,11-14,17H,4,9-10,15-16H2,1H3,(H,25,29)/b24-17-. The van der Waals surface area contributed by atoms with Crippen molar-refractivity contribution in [1.82, 2.24) is 15.2 Å². The predicted octanol–water partition coefficient (Wildman–Crippen LogP) is 3.93. The Bertz CT molecular complexity index is 989. The van der Waals surface area contributed by atoms with Gasteiger partial charge in [0.05, 0.1) is 23.2 Å². The van der Waals surface area contributed by atoms with Crippen molar-refractivity contribution in [2.45, 2.75) is 26.2 Å². The Morgan fingerprint density at radius 3 is 2.34 bits per heavy atom. The van der Waals surface area contributed by atoms with Crippen LogP contribution in [0, 0.1) is 6.92 Å². The summed E-state index contributed by atoms with van der Waals surface area (Å²) < 4.78 is 1.99. The molecule has 0 spiro atoms. The highest BCUT2D eigenvalue weighted by Crippen LogP contribution is 2.28. The second-order valence-corrected chi connectivity index (χ2v) is 7.18. The second-order valence-electron chi connectivity index (χ2n) is 7.18. The zero-order valence-corrected chi connectivity index (χ0v) is 16.6. The van der Waals surface area contributed by atoms with Crippen LogP contribution in [0.15, 0.2) is 65.8 Å². The van der Waals surface area contributed by atoms with E-state index in [9.17, 15) is 4.79 Å². The van der Waals surface area contributed by atoms with Gasteiger partial charge in [-0.05, 0) is 50.5 Å². The summed E-state index contributed by atoms with van der Waals surface area (Å²) in [5, 5.41) is 9.02. The third-order valence-electron chi connectivity index (χ3n) is 5.13. The van der Waals surface area contributed by atoms with Gasteiger partial charge in [-0.2, -0.15) is 10.2 Å². The van der Waals surface area contributed by atoms with E-state index in [1.807, 2.05) is 48.0 Å². The number of hydrazone groups is 1. The Kier molecular flexibility index (Phi) is 5.70. The highest BCUT2D eigenvalue weighted by molar-refractivity contribution is 5.95. The zero-order chi connectivity index (χ0) is 20.1. The molecule has 1 saturated heterocycles. The molecule has 1 aromatic heterocycles. The van der Waals surface area contributed by atoms with Gasteiger partial charge in [0.15, 0.2) is 0 Å². The van der Waals surface area contributed by atoms with Crippen molar-refractivity contribution < 1.29 is 4.79 Å². The van der Waals surface area contributed by atoms with Gasteiger partial charge in [-0.25, -0.2) is 10.1 Å². The van der Waals surface area contributed by atoms with Crippen LogP contribution in [0.4, 0.5) is 5.82 Å². The summed E-state index contributed by atoms with van der Waals surface area (Å²) in [6, 6.07) is 19.2. The molecule has 1 fully saturated rings. The largest absolute Gasteiger partial charge is 0.356 e. The summed E-state index contributed by atoms with van der Waals surface area (Å²) in [7, 11) is 0. The number of anilines is 1. The fraction of sp³-hybridized carbons (Fsp3) is 0.261. The van der Waals surface area contributed by atoms with E-state index < -0.39 is 0 Å². The Morgan fingerprint density at radius 1 is 1.00 bits per heavy atom. The van der Waals surface area contributed by atoms with E-state index in [-0.39, 0.29) is 5.91 Å². The van der Waals surface area contributed by atoms with Gasteiger partial charge in [0, 0.05) is 18.7 Å². The number of nitrogens with zero attached hydrogens (tertiary/aromatic N) is 4. The number of piperidine rings is 1. The molecule has 148 valence electrons. The SMILES string of the molecule is Cc1nn(-c2ccccc2)c(N2CCCCC2)c1/C=N\NC(=O)c1ccccc1. The lowest BCUT2D eigenvalue weighted by molar-refractivity contribution is 0.0955. The third-order valence-corrected chi connectivity index (χ3v) is 5.13. The topological polar surface area (TPSA) is 62.5 Å². The first-order chi connectivity index (χ1) is 14.2. The Labute approximate surface area is 170 Å². The van der Waals surface area contributed by atoms with E-state index >= 15 is 0 Å². The van der Waals surface area contributed by atoms with Crippen molar-refractivity contribution in [3.8, 4) is 5.69 Å². The number of aromatic nitrogens is 2. The smallest absolute Gasteiger partial charge is 0.271 e. The molecule has 2 heterocycles. The van der Waals surface area contributed by atoms with Crippen molar-refractivity contribution >= 4 is 17.9 Å². The van der Waals surface area contributed by atoms with E-state index in [1.54, 1.807) is 18.3 Å². The lowest BCUT2D eigenvalue weighted by atomic mass is 10.1. The summed E-state index contributed by atoms with van der Waals surface area (Å²) in [5.74, 6) is 0.806. The van der Waals surface area contributed by atoms with Crippen LogP contribution >= 0.6 is 0 Å². The lowest BCUT2D eigenvalue weighted by Crippen LogP contribution is -2.32. The van der Waals surface area contributed by atoms with E-state index in [1.165, 1.54) is 19.3 Å². The number of amides is 1. The minimum Gasteiger partial charge on any atom is -0.356 e. The third kappa shape index (κ3) is 4.21. The molecule has 3 aromatic rings. The van der Waals surface area contributed by atoms with Gasteiger partial charge >= 0.3 is 0 Å². The molecule has 0 aliphatic carbocycles. The van der Waals surface area contributed by atoms with Crippen molar-refractivity contribution in [1.29, 1.82) is 0 Å². The Morgan fingerprint density at radius 2 is 1.66 bits per heavy atom. The lowest BCUT2D eigenvalue weighted by Gasteiger charge is -2.29. The molecule has 0 unspecified atom stereocenters. The van der Waals surface area contributed by atoms with Crippen LogP contribution in [-0.4, -0.2) is 35.0 Å². The molecule has 1 N–H and O–H groups in total. The maximum atomic E-state index is 12.3. The minimum atomic E-state index is -0.227. The fourth-order valence-corrected chi connectivity index (χ4v) is 3.65. The van der Waals surface area contributed by atoms with E-state index in [4.69, 9.17) is 5.10 Å². The van der Waals surface area contributed by atoms with Crippen molar-refractivity contribution in [3.05, 3.63) is 77.5 Å². The molecule has 0 bridgehead atoms. The van der Waals surface area contributed by atoms with Crippen LogP contribution in [0.1, 0.15) is 40.9 Å². The number of carbonyl (C=O) groups is 1. The van der Waals surface area contributed by atoms with Gasteiger partial charge in [-0.3, -0.25) is 4.79 Å². The number of rotatable bonds is 5. The summed E-state index contributed by atoms with van der Waals surface area (Å²) in [5.41, 5.74) is 6.04. The van der Waals surface area contributed by atoms with Gasteiger partial charge in [0.2, 0.25) is 0 Å². The molecule has 0 atom stereocenters. The number of para-hydroxylation sites is 1. The molecule has 1 amide bonds.